The van der Waals surface area contributed by atoms with E-state index in [1.54, 1.807) is 0 Å². The highest BCUT2D eigenvalue weighted by molar-refractivity contribution is 5.91. The van der Waals surface area contributed by atoms with Gasteiger partial charge in [0.1, 0.15) is 6.04 Å². The fraction of sp³-hybridized carbons (Fsp3) is 0.278. The highest BCUT2D eigenvalue weighted by Crippen LogP contribution is 2.17. The predicted octanol–water partition coefficient (Wildman–Crippen LogP) is 2.86. The van der Waals surface area contributed by atoms with Crippen LogP contribution in [0.5, 0.6) is 0 Å². The third-order valence-corrected chi connectivity index (χ3v) is 3.66. The minimum Gasteiger partial charge on any atom is -0.332 e. The van der Waals surface area contributed by atoms with Crippen LogP contribution in [-0.2, 0) is 4.79 Å². The average molecular weight is 319 g/mol. The number of carbonyl (C=O) groups is 1. The Morgan fingerprint density at radius 3 is 2.39 bits per heavy atom. The van der Waals surface area contributed by atoms with Crippen LogP contribution in [0.4, 0.5) is 14.5 Å². The molecule has 2 aromatic rings. The van der Waals surface area contributed by atoms with E-state index in [-0.39, 0.29) is 24.2 Å². The molecule has 1 atom stereocenters. The van der Waals surface area contributed by atoms with Crippen LogP contribution < -0.4 is 10.6 Å². The van der Waals surface area contributed by atoms with Gasteiger partial charge in [0, 0.05) is 23.2 Å². The van der Waals surface area contributed by atoms with E-state index in [1.165, 1.54) is 6.07 Å². The van der Waals surface area contributed by atoms with Crippen LogP contribution in [0, 0.1) is 17.6 Å². The highest BCUT2D eigenvalue weighted by Gasteiger charge is 2.20. The molecule has 23 heavy (non-hydrogen) atoms. The number of hydrogen-bond donors (Lipinski definition) is 2. The lowest BCUT2D eigenvalue weighted by molar-refractivity contribution is -0.692. The minimum absolute atomic E-state index is 0.159. The Labute approximate surface area is 134 Å². The molecule has 0 fully saturated rings. The molecule has 0 heterocycles. The number of nitrogens with two attached hydrogens (primary N) is 1. The number of carbonyl (C=O) groups excluding carboxylic acids is 1. The summed E-state index contributed by atoms with van der Waals surface area (Å²) >= 11 is 0. The molecule has 0 unspecified atom stereocenters. The summed E-state index contributed by atoms with van der Waals surface area (Å²) in [4.78, 5) is 12.0. The van der Waals surface area contributed by atoms with Crippen molar-refractivity contribution in [2.75, 3.05) is 11.9 Å². The van der Waals surface area contributed by atoms with Gasteiger partial charge in [0.05, 0.1) is 0 Å². The quantitative estimate of drug-likeness (QED) is 0.845. The number of halogens is 2. The zero-order chi connectivity index (χ0) is 16.8. The SMILES string of the molecule is CC(C)[C@@H]([NH2+]CC(=O)Nc1ccc(F)c(F)c1)c1ccccc1. The smallest absolute Gasteiger partial charge is 0.279 e. The largest absolute Gasteiger partial charge is 0.332 e. The van der Waals surface area contributed by atoms with Gasteiger partial charge in [-0.05, 0) is 12.1 Å². The number of quaternary nitrogens is 1. The van der Waals surface area contributed by atoms with Gasteiger partial charge >= 0.3 is 0 Å². The van der Waals surface area contributed by atoms with Crippen molar-refractivity contribution in [1.29, 1.82) is 0 Å². The average Bonchev–Trinajstić information content (AvgIpc) is 2.52. The van der Waals surface area contributed by atoms with Crippen LogP contribution in [0.15, 0.2) is 48.5 Å². The Bertz CT molecular complexity index is 659. The molecule has 0 bridgehead atoms. The van der Waals surface area contributed by atoms with Crippen LogP contribution in [0.1, 0.15) is 25.5 Å². The zero-order valence-electron chi connectivity index (χ0n) is 13.2. The van der Waals surface area contributed by atoms with Gasteiger partial charge in [-0.15, -0.1) is 0 Å². The van der Waals surface area contributed by atoms with Crippen LogP contribution in [0.25, 0.3) is 0 Å². The molecule has 0 saturated heterocycles. The van der Waals surface area contributed by atoms with Gasteiger partial charge in [-0.1, -0.05) is 44.2 Å². The Morgan fingerprint density at radius 1 is 1.09 bits per heavy atom. The molecule has 1 amide bonds. The molecular weight excluding hydrogens is 298 g/mol. The van der Waals surface area contributed by atoms with Crippen LogP contribution in [0.3, 0.4) is 0 Å². The number of amides is 1. The van der Waals surface area contributed by atoms with Crippen LogP contribution in [-0.4, -0.2) is 12.5 Å². The number of hydrogen-bond acceptors (Lipinski definition) is 1. The number of rotatable bonds is 6. The van der Waals surface area contributed by atoms with E-state index < -0.39 is 11.6 Å². The van der Waals surface area contributed by atoms with Gasteiger partial charge in [-0.3, -0.25) is 4.79 Å². The summed E-state index contributed by atoms with van der Waals surface area (Å²) in [5.41, 5.74) is 1.41. The summed E-state index contributed by atoms with van der Waals surface area (Å²) in [6.07, 6.45) is 0. The second-order valence-electron chi connectivity index (χ2n) is 5.80. The first-order chi connectivity index (χ1) is 11.0. The lowest BCUT2D eigenvalue weighted by Crippen LogP contribution is -2.88. The molecule has 3 nitrogen and oxygen atoms in total. The molecule has 0 saturated carbocycles. The summed E-state index contributed by atoms with van der Waals surface area (Å²) in [6.45, 7) is 4.40. The first kappa shape index (κ1) is 17.1. The summed E-state index contributed by atoms with van der Waals surface area (Å²) in [7, 11) is 0. The molecule has 0 aromatic heterocycles. The molecule has 2 rings (SSSR count). The predicted molar refractivity (Wildman–Crippen MR) is 85.8 cm³/mol. The molecule has 0 aliphatic carbocycles. The molecule has 0 spiro atoms. The van der Waals surface area contributed by atoms with E-state index in [9.17, 15) is 13.6 Å². The second kappa shape index (κ2) is 7.83. The van der Waals surface area contributed by atoms with E-state index in [0.717, 1.165) is 17.7 Å². The van der Waals surface area contributed by atoms with Gasteiger partial charge in [-0.25, -0.2) is 8.78 Å². The third kappa shape index (κ3) is 4.86. The molecule has 0 aliphatic rings. The first-order valence-electron chi connectivity index (χ1n) is 7.60. The van der Waals surface area contributed by atoms with E-state index >= 15 is 0 Å². The van der Waals surface area contributed by atoms with Gasteiger partial charge in [0.25, 0.3) is 5.91 Å². The minimum atomic E-state index is -0.976. The topological polar surface area (TPSA) is 45.7 Å². The molecule has 0 radical (unpaired) electrons. The van der Waals surface area contributed by atoms with Crippen molar-refractivity contribution in [2.45, 2.75) is 19.9 Å². The van der Waals surface area contributed by atoms with Gasteiger partial charge in [0.2, 0.25) is 0 Å². The maximum absolute atomic E-state index is 13.1. The van der Waals surface area contributed by atoms with E-state index in [4.69, 9.17) is 0 Å². The standard InChI is InChI=1S/C18H20F2N2O/c1-12(2)18(13-6-4-3-5-7-13)21-11-17(23)22-14-8-9-15(19)16(20)10-14/h3-10,12,18,21H,11H2,1-2H3,(H,22,23)/p+1/t18-/m1/s1. The fourth-order valence-electron chi connectivity index (χ4n) is 2.49. The van der Waals surface area contributed by atoms with Crippen molar-refractivity contribution in [3.05, 3.63) is 65.7 Å². The molecule has 122 valence electrons. The van der Waals surface area contributed by atoms with Gasteiger partial charge in [-0.2, -0.15) is 0 Å². The molecule has 0 aliphatic heterocycles. The van der Waals surface area contributed by atoms with Gasteiger partial charge in [0.15, 0.2) is 18.2 Å². The van der Waals surface area contributed by atoms with Crippen molar-refractivity contribution in [1.82, 2.24) is 0 Å². The number of benzene rings is 2. The fourth-order valence-corrected chi connectivity index (χ4v) is 2.49. The van der Waals surface area contributed by atoms with E-state index in [2.05, 4.69) is 19.2 Å². The Morgan fingerprint density at radius 2 is 1.78 bits per heavy atom. The first-order valence-corrected chi connectivity index (χ1v) is 7.60. The normalized spacial score (nSPS) is 12.2. The molecule has 5 heteroatoms. The van der Waals surface area contributed by atoms with Crippen molar-refractivity contribution < 1.29 is 18.9 Å². The maximum atomic E-state index is 13.1. The summed E-state index contributed by atoms with van der Waals surface area (Å²) in [6, 6.07) is 13.4. The monoisotopic (exact) mass is 319 g/mol. The summed E-state index contributed by atoms with van der Waals surface area (Å²) in [5, 5.41) is 4.53. The summed E-state index contributed by atoms with van der Waals surface area (Å²) in [5.74, 6) is -1.80. The molecular formula is C18H21F2N2O+. The summed E-state index contributed by atoms with van der Waals surface area (Å²) < 4.78 is 26.0. The van der Waals surface area contributed by atoms with E-state index in [0.29, 0.717) is 5.92 Å². The molecule has 2 aromatic carbocycles. The van der Waals surface area contributed by atoms with Crippen LogP contribution in [0.2, 0.25) is 0 Å². The van der Waals surface area contributed by atoms with E-state index in [1.807, 2.05) is 35.6 Å². The van der Waals surface area contributed by atoms with Crippen molar-refractivity contribution in [3.63, 3.8) is 0 Å². The maximum Gasteiger partial charge on any atom is 0.279 e. The van der Waals surface area contributed by atoms with Crippen molar-refractivity contribution in [2.24, 2.45) is 5.92 Å². The Kier molecular flexibility index (Phi) is 5.82. The van der Waals surface area contributed by atoms with Gasteiger partial charge < -0.3 is 10.6 Å². The number of nitrogens with one attached hydrogen (secondary N) is 1. The van der Waals surface area contributed by atoms with Crippen molar-refractivity contribution >= 4 is 11.6 Å². The second-order valence-corrected chi connectivity index (χ2v) is 5.80. The third-order valence-electron chi connectivity index (χ3n) is 3.66. The lowest BCUT2D eigenvalue weighted by Gasteiger charge is -2.19. The van der Waals surface area contributed by atoms with Crippen LogP contribution >= 0.6 is 0 Å². The lowest BCUT2D eigenvalue weighted by atomic mass is 9.96. The zero-order valence-corrected chi connectivity index (χ0v) is 13.2. The Hall–Kier alpha value is -2.27. The number of anilines is 1. The highest BCUT2D eigenvalue weighted by atomic mass is 19.2. The van der Waals surface area contributed by atoms with Crippen molar-refractivity contribution in [3.8, 4) is 0 Å². The Balaban J connectivity index is 1.95. The molecule has 3 N–H and O–H groups in total.